The average Bonchev–Trinajstić information content (AvgIpc) is 2.89. The highest BCUT2D eigenvalue weighted by atomic mass is 35.5. The van der Waals surface area contributed by atoms with Gasteiger partial charge in [0.1, 0.15) is 22.9 Å². The van der Waals surface area contributed by atoms with Gasteiger partial charge in [0.2, 0.25) is 5.91 Å². The van der Waals surface area contributed by atoms with E-state index in [1.165, 1.54) is 38.6 Å². The van der Waals surface area contributed by atoms with Gasteiger partial charge >= 0.3 is 11.8 Å². The van der Waals surface area contributed by atoms with Gasteiger partial charge in [0.15, 0.2) is 0 Å². The second-order valence-corrected chi connectivity index (χ2v) is 8.67. The van der Waals surface area contributed by atoms with Gasteiger partial charge in [0, 0.05) is 29.3 Å². The molecule has 1 amide bonds. The van der Waals surface area contributed by atoms with Gasteiger partial charge in [-0.25, -0.2) is 9.78 Å². The van der Waals surface area contributed by atoms with Crippen LogP contribution in [0.15, 0.2) is 64.5 Å². The Hall–Kier alpha value is -4.22. The smallest absolute Gasteiger partial charge is 0.416 e. The van der Waals surface area contributed by atoms with Crippen molar-refractivity contribution in [1.82, 2.24) is 4.98 Å². The van der Waals surface area contributed by atoms with Gasteiger partial charge in [-0.1, -0.05) is 29.8 Å². The number of benzene rings is 2. The number of amides is 1. The molecule has 2 aromatic carbocycles. The molecule has 0 bridgehead atoms. The molecule has 0 aliphatic rings. The van der Waals surface area contributed by atoms with E-state index in [1.54, 1.807) is 0 Å². The third-order valence-electron chi connectivity index (χ3n) is 5.51. The van der Waals surface area contributed by atoms with E-state index in [0.29, 0.717) is 5.39 Å². The lowest BCUT2D eigenvalue weighted by Crippen LogP contribution is -2.12. The average molecular weight is 580 g/mol. The Kier molecular flexibility index (Phi) is 7.75. The summed E-state index contributed by atoms with van der Waals surface area (Å²) in [7, 11) is 2.79. The molecule has 0 saturated carbocycles. The third kappa shape index (κ3) is 5.64. The van der Waals surface area contributed by atoms with E-state index < -0.39 is 23.3 Å². The number of aromatic nitrogens is 1. The molecule has 2 heterocycles. The lowest BCUT2D eigenvalue weighted by molar-refractivity contribution is -0.137. The molecule has 0 saturated heterocycles. The number of anilines is 3. The number of carbonyl (C=O) groups is 1. The molecule has 4 rings (SSSR count). The fourth-order valence-electron chi connectivity index (χ4n) is 3.63. The summed E-state index contributed by atoms with van der Waals surface area (Å²) in [5, 5.41) is 5.67. The highest BCUT2D eigenvalue weighted by molar-refractivity contribution is 6.41. The molecule has 13 heteroatoms. The molecule has 0 spiro atoms. The molecular weight excluding hydrogens is 562 g/mol. The van der Waals surface area contributed by atoms with Crippen LogP contribution in [0.2, 0.25) is 10.0 Å². The van der Waals surface area contributed by atoms with Crippen LogP contribution in [-0.2, 0) is 11.0 Å². The Morgan fingerprint density at radius 2 is 1.72 bits per heavy atom. The number of carbonyl (C=O) groups excluding carboxylic acids is 1. The second kappa shape index (κ2) is 10.9. The maximum Gasteiger partial charge on any atom is 0.416 e. The molecule has 0 unspecified atom stereocenters. The quantitative estimate of drug-likeness (QED) is 0.226. The summed E-state index contributed by atoms with van der Waals surface area (Å²) in [6.07, 6.45) is -2.34. The molecule has 0 atom stereocenters. The summed E-state index contributed by atoms with van der Waals surface area (Å²) in [6, 6.07) is 7.06. The molecule has 202 valence electrons. The molecule has 39 heavy (non-hydrogen) atoms. The van der Waals surface area contributed by atoms with E-state index >= 15 is 0 Å². The highest BCUT2D eigenvalue weighted by Gasteiger charge is 2.31. The fourth-order valence-corrected chi connectivity index (χ4v) is 4.34. The van der Waals surface area contributed by atoms with Crippen LogP contribution in [0.1, 0.15) is 5.56 Å². The van der Waals surface area contributed by atoms with Crippen LogP contribution in [0.25, 0.3) is 22.1 Å². The minimum atomic E-state index is -4.63. The normalized spacial score (nSPS) is 11.3. The summed E-state index contributed by atoms with van der Waals surface area (Å²) in [6.45, 7) is 3.30. The first-order chi connectivity index (χ1) is 18.5. The van der Waals surface area contributed by atoms with Crippen molar-refractivity contribution >= 4 is 57.3 Å². The van der Waals surface area contributed by atoms with Crippen molar-refractivity contribution in [2.45, 2.75) is 6.18 Å². The molecule has 0 radical (unpaired) electrons. The molecule has 2 aromatic heterocycles. The molecule has 8 nitrogen and oxygen atoms in total. The highest BCUT2D eigenvalue weighted by Crippen LogP contribution is 2.45. The number of alkyl halides is 3. The second-order valence-electron chi connectivity index (χ2n) is 7.92. The first kappa shape index (κ1) is 27.8. The Morgan fingerprint density at radius 3 is 2.31 bits per heavy atom. The number of fused-ring (bicyclic) bond motifs is 1. The fraction of sp³-hybridized carbons (Fsp3) is 0.115. The number of halogens is 5. The van der Waals surface area contributed by atoms with Gasteiger partial charge in [0.05, 0.1) is 46.8 Å². The minimum absolute atomic E-state index is 0.0226. The van der Waals surface area contributed by atoms with Crippen molar-refractivity contribution < 1.29 is 31.9 Å². The largest absolute Gasteiger partial charge is 0.495 e. The van der Waals surface area contributed by atoms with Gasteiger partial charge in [-0.15, -0.1) is 0 Å². The Labute approximate surface area is 229 Å². The van der Waals surface area contributed by atoms with Gasteiger partial charge in [0.25, 0.3) is 0 Å². The van der Waals surface area contributed by atoms with Gasteiger partial charge in [-0.3, -0.25) is 4.79 Å². The van der Waals surface area contributed by atoms with E-state index in [0.717, 1.165) is 24.3 Å². The van der Waals surface area contributed by atoms with Gasteiger partial charge < -0.3 is 24.5 Å². The minimum Gasteiger partial charge on any atom is -0.495 e. The Morgan fingerprint density at radius 1 is 1.05 bits per heavy atom. The summed E-state index contributed by atoms with van der Waals surface area (Å²) < 4.78 is 55.6. The number of nitrogens with zero attached hydrogens (tertiary/aromatic N) is 1. The SMILES string of the molecule is C=CC(=O)Nc1cc(C(F)(F)F)ccc1Nc1cc2oc(=O)c(-c3c(Cl)c(OC)cc(OC)c3Cl)cc2cn1. The number of pyridine rings is 1. The number of nitrogens with one attached hydrogen (secondary N) is 2. The predicted octanol–water partition coefficient (Wildman–Crippen LogP) is 7.07. The standard InChI is InChI=1S/C26H18Cl2F3N3O5/c1-4-21(35)34-16-8-13(26(29,30)31)5-6-15(16)33-20-10-17-12(11-32-20)7-14(25(36)39-17)22-23(27)18(37-2)9-19(38-3)24(22)28/h4-11H,1H2,2-3H3,(H,32,33)(H,34,35). The van der Waals surface area contributed by atoms with Gasteiger partial charge in [-0.05, 0) is 30.3 Å². The molecular formula is C26H18Cl2F3N3O5. The number of hydrogen-bond donors (Lipinski definition) is 2. The van der Waals surface area contributed by atoms with Crippen LogP contribution in [0, 0.1) is 0 Å². The van der Waals surface area contributed by atoms with Crippen molar-refractivity contribution in [1.29, 1.82) is 0 Å². The zero-order valence-corrected chi connectivity index (χ0v) is 21.7. The number of methoxy groups -OCH3 is 2. The van der Waals surface area contributed by atoms with E-state index in [9.17, 15) is 22.8 Å². The van der Waals surface area contributed by atoms with E-state index in [2.05, 4.69) is 22.2 Å². The predicted molar refractivity (Wildman–Crippen MR) is 142 cm³/mol. The maximum absolute atomic E-state index is 13.2. The Balaban J connectivity index is 1.77. The number of ether oxygens (including phenoxy) is 2. The van der Waals surface area contributed by atoms with Crippen molar-refractivity contribution in [2.75, 3.05) is 24.9 Å². The molecule has 0 aliphatic carbocycles. The van der Waals surface area contributed by atoms with Crippen LogP contribution in [0.5, 0.6) is 11.5 Å². The monoisotopic (exact) mass is 579 g/mol. The molecule has 0 aliphatic heterocycles. The van der Waals surface area contributed by atoms with Gasteiger partial charge in [-0.2, -0.15) is 13.2 Å². The van der Waals surface area contributed by atoms with Crippen LogP contribution in [-0.4, -0.2) is 25.1 Å². The Bertz CT molecular complexity index is 1640. The van der Waals surface area contributed by atoms with Crippen LogP contribution in [0.3, 0.4) is 0 Å². The van der Waals surface area contributed by atoms with Crippen molar-refractivity contribution in [3.63, 3.8) is 0 Å². The maximum atomic E-state index is 13.2. The molecule has 2 N–H and O–H groups in total. The topological polar surface area (TPSA) is 103 Å². The number of hydrogen-bond acceptors (Lipinski definition) is 7. The third-order valence-corrected chi connectivity index (χ3v) is 6.26. The zero-order chi connectivity index (χ0) is 28.5. The molecule has 0 fully saturated rings. The zero-order valence-electron chi connectivity index (χ0n) is 20.2. The van der Waals surface area contributed by atoms with Crippen molar-refractivity contribution in [2.24, 2.45) is 0 Å². The van der Waals surface area contributed by atoms with E-state index in [4.69, 9.17) is 37.1 Å². The summed E-state index contributed by atoms with van der Waals surface area (Å²) in [4.78, 5) is 29.0. The van der Waals surface area contributed by atoms with E-state index in [-0.39, 0.29) is 55.4 Å². The van der Waals surface area contributed by atoms with E-state index in [1.807, 2.05) is 0 Å². The summed E-state index contributed by atoms with van der Waals surface area (Å²) in [5.74, 6) is -0.151. The molecule has 4 aromatic rings. The van der Waals surface area contributed by atoms with Crippen LogP contribution in [0.4, 0.5) is 30.4 Å². The summed E-state index contributed by atoms with van der Waals surface area (Å²) in [5.41, 5.74) is -1.55. The summed E-state index contributed by atoms with van der Waals surface area (Å²) >= 11 is 12.9. The number of rotatable bonds is 7. The van der Waals surface area contributed by atoms with Crippen molar-refractivity contribution in [3.05, 3.63) is 81.3 Å². The van der Waals surface area contributed by atoms with Crippen LogP contribution < -0.4 is 25.7 Å². The van der Waals surface area contributed by atoms with Crippen LogP contribution >= 0.6 is 23.2 Å². The lowest BCUT2D eigenvalue weighted by atomic mass is 10.1. The lowest BCUT2D eigenvalue weighted by Gasteiger charge is -2.15. The first-order valence-corrected chi connectivity index (χ1v) is 11.7. The van der Waals surface area contributed by atoms with Crippen molar-refractivity contribution in [3.8, 4) is 22.6 Å². The first-order valence-electron chi connectivity index (χ1n) is 10.9.